The first kappa shape index (κ1) is 18.1. The SMILES string of the molecule is CC(C)Oc1ccc(NS(=O)(=O)c2cc(Br)cc3c2NCCC3)cc1. The molecule has 134 valence electrons. The van der Waals surface area contributed by atoms with Crippen molar-refractivity contribution in [1.82, 2.24) is 0 Å². The number of ether oxygens (including phenoxy) is 1. The molecule has 0 unspecified atom stereocenters. The summed E-state index contributed by atoms with van der Waals surface area (Å²) in [4.78, 5) is 0.263. The summed E-state index contributed by atoms with van der Waals surface area (Å²) >= 11 is 3.42. The Kier molecular flexibility index (Phi) is 5.24. The Bertz CT molecular complexity index is 865. The van der Waals surface area contributed by atoms with E-state index in [0.717, 1.165) is 29.4 Å². The highest BCUT2D eigenvalue weighted by Crippen LogP contribution is 2.34. The highest BCUT2D eigenvalue weighted by Gasteiger charge is 2.23. The third kappa shape index (κ3) is 4.27. The molecule has 2 aromatic rings. The fraction of sp³-hybridized carbons (Fsp3) is 0.333. The number of sulfonamides is 1. The number of anilines is 2. The number of fused-ring (bicyclic) bond motifs is 1. The van der Waals surface area contributed by atoms with Crippen LogP contribution >= 0.6 is 15.9 Å². The van der Waals surface area contributed by atoms with E-state index < -0.39 is 10.0 Å². The van der Waals surface area contributed by atoms with Crippen LogP contribution in [0.2, 0.25) is 0 Å². The number of hydrogen-bond acceptors (Lipinski definition) is 4. The van der Waals surface area contributed by atoms with Crippen LogP contribution in [0.4, 0.5) is 11.4 Å². The molecule has 0 bridgehead atoms. The van der Waals surface area contributed by atoms with Gasteiger partial charge in [-0.3, -0.25) is 4.72 Å². The minimum absolute atomic E-state index is 0.0711. The zero-order valence-corrected chi connectivity index (χ0v) is 16.6. The molecule has 2 aromatic carbocycles. The average Bonchev–Trinajstić information content (AvgIpc) is 2.55. The van der Waals surface area contributed by atoms with E-state index in [9.17, 15) is 8.42 Å². The van der Waals surface area contributed by atoms with E-state index in [2.05, 4.69) is 26.0 Å². The summed E-state index contributed by atoms with van der Waals surface area (Å²) in [5.41, 5.74) is 2.21. The molecule has 0 aliphatic carbocycles. The molecule has 25 heavy (non-hydrogen) atoms. The summed E-state index contributed by atoms with van der Waals surface area (Å²) < 4.78 is 34.8. The van der Waals surface area contributed by atoms with Gasteiger partial charge in [-0.2, -0.15) is 0 Å². The number of rotatable bonds is 5. The molecule has 0 saturated carbocycles. The Morgan fingerprint density at radius 2 is 1.92 bits per heavy atom. The second-order valence-corrected chi connectivity index (χ2v) is 8.83. The predicted molar refractivity (Wildman–Crippen MR) is 104 cm³/mol. The normalized spacial score (nSPS) is 13.9. The maximum Gasteiger partial charge on any atom is 0.264 e. The first-order valence-corrected chi connectivity index (χ1v) is 10.5. The van der Waals surface area contributed by atoms with Crippen molar-refractivity contribution in [2.24, 2.45) is 0 Å². The van der Waals surface area contributed by atoms with Crippen molar-refractivity contribution < 1.29 is 13.2 Å². The molecular formula is C18H21BrN2O3S. The van der Waals surface area contributed by atoms with E-state index in [1.165, 1.54) is 0 Å². The van der Waals surface area contributed by atoms with Gasteiger partial charge >= 0.3 is 0 Å². The molecule has 5 nitrogen and oxygen atoms in total. The van der Waals surface area contributed by atoms with E-state index in [0.29, 0.717) is 17.1 Å². The smallest absolute Gasteiger partial charge is 0.264 e. The Labute approximate surface area is 157 Å². The first-order valence-electron chi connectivity index (χ1n) is 8.21. The molecule has 3 rings (SSSR count). The number of nitrogens with one attached hydrogen (secondary N) is 2. The van der Waals surface area contributed by atoms with Crippen LogP contribution in [0.25, 0.3) is 0 Å². The summed E-state index contributed by atoms with van der Waals surface area (Å²) in [6, 6.07) is 10.5. The van der Waals surface area contributed by atoms with Gasteiger partial charge in [0.1, 0.15) is 10.6 Å². The summed E-state index contributed by atoms with van der Waals surface area (Å²) in [6.45, 7) is 4.67. The minimum Gasteiger partial charge on any atom is -0.491 e. The third-order valence-electron chi connectivity index (χ3n) is 3.84. The van der Waals surface area contributed by atoms with Crippen LogP contribution in [0.1, 0.15) is 25.8 Å². The third-order valence-corrected chi connectivity index (χ3v) is 5.70. The van der Waals surface area contributed by atoms with E-state index in [1.54, 1.807) is 30.3 Å². The highest BCUT2D eigenvalue weighted by molar-refractivity contribution is 9.10. The summed E-state index contributed by atoms with van der Waals surface area (Å²) in [5, 5.41) is 3.22. The van der Waals surface area contributed by atoms with Crippen LogP contribution in [0.3, 0.4) is 0 Å². The van der Waals surface area contributed by atoms with E-state index >= 15 is 0 Å². The van der Waals surface area contributed by atoms with Gasteiger partial charge in [-0.05, 0) is 68.7 Å². The highest BCUT2D eigenvalue weighted by atomic mass is 79.9. The molecule has 0 radical (unpaired) electrons. The molecule has 0 spiro atoms. The zero-order chi connectivity index (χ0) is 18.0. The fourth-order valence-electron chi connectivity index (χ4n) is 2.82. The molecule has 0 atom stereocenters. The van der Waals surface area contributed by atoms with Gasteiger partial charge in [0.2, 0.25) is 0 Å². The van der Waals surface area contributed by atoms with Gasteiger partial charge in [0.05, 0.1) is 11.8 Å². The average molecular weight is 425 g/mol. The maximum absolute atomic E-state index is 12.9. The monoisotopic (exact) mass is 424 g/mol. The number of benzene rings is 2. The van der Waals surface area contributed by atoms with Crippen molar-refractivity contribution >= 4 is 37.3 Å². The lowest BCUT2D eigenvalue weighted by Gasteiger charge is -2.22. The molecule has 7 heteroatoms. The molecule has 1 aliphatic rings. The van der Waals surface area contributed by atoms with Gasteiger partial charge in [0, 0.05) is 16.7 Å². The van der Waals surface area contributed by atoms with Crippen LogP contribution in [0.5, 0.6) is 5.75 Å². The lowest BCUT2D eigenvalue weighted by Crippen LogP contribution is -2.19. The van der Waals surface area contributed by atoms with E-state index in [4.69, 9.17) is 4.74 Å². The van der Waals surface area contributed by atoms with Crippen molar-refractivity contribution in [3.63, 3.8) is 0 Å². The van der Waals surface area contributed by atoms with Crippen LogP contribution in [0.15, 0.2) is 45.8 Å². The van der Waals surface area contributed by atoms with Gasteiger partial charge in [-0.25, -0.2) is 8.42 Å². The van der Waals surface area contributed by atoms with Gasteiger partial charge in [-0.15, -0.1) is 0 Å². The lowest BCUT2D eigenvalue weighted by atomic mass is 10.0. The van der Waals surface area contributed by atoms with Crippen LogP contribution < -0.4 is 14.8 Å². The van der Waals surface area contributed by atoms with Crippen LogP contribution in [-0.2, 0) is 16.4 Å². The standard InChI is InChI=1S/C18H21BrN2O3S/c1-12(2)24-16-7-5-15(6-8-16)21-25(22,23)17-11-14(19)10-13-4-3-9-20-18(13)17/h5-8,10-12,20-21H,3-4,9H2,1-2H3. The molecule has 0 fully saturated rings. The van der Waals surface area contributed by atoms with Gasteiger partial charge in [0.25, 0.3) is 10.0 Å². The van der Waals surface area contributed by atoms with Crippen molar-refractivity contribution in [2.45, 2.75) is 37.7 Å². The first-order chi connectivity index (χ1) is 11.8. The second kappa shape index (κ2) is 7.25. The van der Waals surface area contributed by atoms with Crippen LogP contribution in [0, 0.1) is 0 Å². The van der Waals surface area contributed by atoms with Gasteiger partial charge in [-0.1, -0.05) is 15.9 Å². The largest absolute Gasteiger partial charge is 0.491 e. The summed E-state index contributed by atoms with van der Waals surface area (Å²) in [6.07, 6.45) is 1.93. The Morgan fingerprint density at radius 1 is 1.20 bits per heavy atom. The number of halogens is 1. The van der Waals surface area contributed by atoms with Gasteiger partial charge in [0.15, 0.2) is 0 Å². The minimum atomic E-state index is -3.70. The van der Waals surface area contributed by atoms with Crippen molar-refractivity contribution in [3.05, 3.63) is 46.4 Å². The van der Waals surface area contributed by atoms with Crippen molar-refractivity contribution in [1.29, 1.82) is 0 Å². The molecule has 1 heterocycles. The molecule has 2 N–H and O–H groups in total. The second-order valence-electron chi connectivity index (χ2n) is 6.26. The maximum atomic E-state index is 12.9. The predicted octanol–water partition coefficient (Wildman–Crippen LogP) is 4.40. The Morgan fingerprint density at radius 3 is 2.60 bits per heavy atom. The molecule has 0 saturated heterocycles. The Balaban J connectivity index is 1.89. The fourth-order valence-corrected chi connectivity index (χ4v) is 4.79. The zero-order valence-electron chi connectivity index (χ0n) is 14.2. The van der Waals surface area contributed by atoms with Crippen LogP contribution in [-0.4, -0.2) is 21.1 Å². The quantitative estimate of drug-likeness (QED) is 0.746. The number of hydrogen-bond donors (Lipinski definition) is 2. The van der Waals surface area contributed by atoms with E-state index in [-0.39, 0.29) is 11.0 Å². The van der Waals surface area contributed by atoms with Crippen molar-refractivity contribution in [3.8, 4) is 5.75 Å². The van der Waals surface area contributed by atoms with E-state index in [1.807, 2.05) is 19.9 Å². The molecular weight excluding hydrogens is 404 g/mol. The van der Waals surface area contributed by atoms with Gasteiger partial charge < -0.3 is 10.1 Å². The summed E-state index contributed by atoms with van der Waals surface area (Å²) in [7, 11) is -3.70. The summed E-state index contributed by atoms with van der Waals surface area (Å²) in [5.74, 6) is 0.708. The Hall–Kier alpha value is -1.73. The van der Waals surface area contributed by atoms with Crippen molar-refractivity contribution in [2.75, 3.05) is 16.6 Å². The lowest BCUT2D eigenvalue weighted by molar-refractivity contribution is 0.242. The molecule has 1 aliphatic heterocycles. The molecule has 0 amide bonds. The number of aryl methyl sites for hydroxylation is 1. The molecule has 0 aromatic heterocycles. The topological polar surface area (TPSA) is 67.4 Å².